The molecule has 1 aliphatic heterocycles. The lowest BCUT2D eigenvalue weighted by Gasteiger charge is -2.33. The highest BCUT2D eigenvalue weighted by Gasteiger charge is 2.17. The minimum atomic E-state index is -0.111. The zero-order chi connectivity index (χ0) is 19.7. The molecule has 2 aromatic heterocycles. The van der Waals surface area contributed by atoms with Crippen molar-refractivity contribution in [1.82, 2.24) is 14.7 Å². The summed E-state index contributed by atoms with van der Waals surface area (Å²) in [5.41, 5.74) is 2.94. The first-order valence-corrected chi connectivity index (χ1v) is 9.33. The van der Waals surface area contributed by atoms with E-state index >= 15 is 0 Å². The summed E-state index contributed by atoms with van der Waals surface area (Å²) in [5.74, 6) is 1.24. The molecular weight excluding hydrogens is 356 g/mol. The Kier molecular flexibility index (Phi) is 4.92. The van der Waals surface area contributed by atoms with Crippen molar-refractivity contribution in [2.75, 3.05) is 38.8 Å². The minimum absolute atomic E-state index is 0.111. The van der Waals surface area contributed by atoms with Gasteiger partial charge in [-0.1, -0.05) is 0 Å². The standard InChI is InChI=1S/C21H24N4O3/c1-14-12-24(9-8-22-14)16-5-7-20-23-17(11-21(26)25(20)13-16)15-4-6-18(27-2)19(10-15)28-3/h4-7,10-11,13-14,22H,8-9,12H2,1-3H3. The molecule has 1 aromatic carbocycles. The highest BCUT2D eigenvalue weighted by Crippen LogP contribution is 2.31. The average Bonchev–Trinajstić information content (AvgIpc) is 2.73. The zero-order valence-electron chi connectivity index (χ0n) is 16.3. The van der Waals surface area contributed by atoms with E-state index in [1.54, 1.807) is 24.7 Å². The molecule has 3 aromatic rings. The summed E-state index contributed by atoms with van der Waals surface area (Å²) in [6, 6.07) is 11.4. The second-order valence-electron chi connectivity index (χ2n) is 6.97. The van der Waals surface area contributed by atoms with Crippen LogP contribution >= 0.6 is 0 Å². The number of aromatic nitrogens is 2. The van der Waals surface area contributed by atoms with Crippen LogP contribution in [0.4, 0.5) is 5.69 Å². The van der Waals surface area contributed by atoms with E-state index in [9.17, 15) is 4.79 Å². The lowest BCUT2D eigenvalue weighted by atomic mass is 10.1. The number of anilines is 1. The summed E-state index contributed by atoms with van der Waals surface area (Å²) in [6.07, 6.45) is 1.88. The first-order valence-electron chi connectivity index (χ1n) is 9.33. The monoisotopic (exact) mass is 380 g/mol. The third-order valence-electron chi connectivity index (χ3n) is 5.06. The molecule has 1 N–H and O–H groups in total. The van der Waals surface area contributed by atoms with Gasteiger partial charge in [-0.25, -0.2) is 4.98 Å². The van der Waals surface area contributed by atoms with Crippen molar-refractivity contribution >= 4 is 11.3 Å². The molecule has 7 heteroatoms. The molecule has 4 rings (SSSR count). The number of piperazine rings is 1. The third-order valence-corrected chi connectivity index (χ3v) is 5.06. The van der Waals surface area contributed by atoms with Gasteiger partial charge >= 0.3 is 0 Å². The topological polar surface area (TPSA) is 68.1 Å². The van der Waals surface area contributed by atoms with Crippen molar-refractivity contribution in [2.45, 2.75) is 13.0 Å². The summed E-state index contributed by atoms with van der Waals surface area (Å²) in [7, 11) is 3.18. The fraction of sp³-hybridized carbons (Fsp3) is 0.333. The van der Waals surface area contributed by atoms with Crippen LogP contribution < -0.4 is 25.2 Å². The number of nitrogens with zero attached hydrogens (tertiary/aromatic N) is 3. The molecule has 0 radical (unpaired) electrons. The molecule has 0 amide bonds. The summed E-state index contributed by atoms with van der Waals surface area (Å²) in [4.78, 5) is 19.7. The number of benzene rings is 1. The van der Waals surface area contributed by atoms with Crippen molar-refractivity contribution in [1.29, 1.82) is 0 Å². The number of methoxy groups -OCH3 is 2. The molecule has 3 heterocycles. The number of ether oxygens (including phenoxy) is 2. The summed E-state index contributed by atoms with van der Waals surface area (Å²) < 4.78 is 12.2. The van der Waals surface area contributed by atoms with Crippen LogP contribution in [0.25, 0.3) is 16.9 Å². The third kappa shape index (κ3) is 3.41. The SMILES string of the molecule is COc1ccc(-c2cc(=O)n3cc(N4CCNC(C)C4)ccc3n2)cc1OC. The van der Waals surface area contributed by atoms with Crippen molar-refractivity contribution in [3.63, 3.8) is 0 Å². The van der Waals surface area contributed by atoms with Gasteiger partial charge in [0.1, 0.15) is 5.65 Å². The number of hydrogen-bond donors (Lipinski definition) is 1. The van der Waals surface area contributed by atoms with Gasteiger partial charge in [0.05, 0.1) is 25.6 Å². The Labute approximate surface area is 163 Å². The van der Waals surface area contributed by atoms with Crippen LogP contribution in [-0.4, -0.2) is 49.3 Å². The van der Waals surface area contributed by atoms with Crippen molar-refractivity contribution in [3.8, 4) is 22.8 Å². The highest BCUT2D eigenvalue weighted by atomic mass is 16.5. The Bertz CT molecular complexity index is 1060. The Hall–Kier alpha value is -3.06. The quantitative estimate of drug-likeness (QED) is 0.748. The van der Waals surface area contributed by atoms with Crippen LogP contribution in [0.3, 0.4) is 0 Å². The molecule has 0 bridgehead atoms. The molecule has 1 fully saturated rings. The Morgan fingerprint density at radius 3 is 2.68 bits per heavy atom. The molecule has 146 valence electrons. The molecule has 28 heavy (non-hydrogen) atoms. The van der Waals surface area contributed by atoms with E-state index in [-0.39, 0.29) is 5.56 Å². The molecule has 0 aliphatic carbocycles. The number of hydrogen-bond acceptors (Lipinski definition) is 6. The number of nitrogens with one attached hydrogen (secondary N) is 1. The van der Waals surface area contributed by atoms with Gasteiger partial charge in [-0.2, -0.15) is 0 Å². The van der Waals surface area contributed by atoms with E-state index in [4.69, 9.17) is 9.47 Å². The van der Waals surface area contributed by atoms with Crippen molar-refractivity contribution < 1.29 is 9.47 Å². The van der Waals surface area contributed by atoms with E-state index in [1.165, 1.54) is 0 Å². The number of pyridine rings is 1. The van der Waals surface area contributed by atoms with Gasteiger partial charge in [0.25, 0.3) is 5.56 Å². The molecule has 1 atom stereocenters. The maximum atomic E-state index is 12.8. The summed E-state index contributed by atoms with van der Waals surface area (Å²) >= 11 is 0. The van der Waals surface area contributed by atoms with Crippen molar-refractivity contribution in [2.24, 2.45) is 0 Å². The first kappa shape index (κ1) is 18.3. The predicted octanol–water partition coefficient (Wildman–Crippen LogP) is 2.18. The van der Waals surface area contributed by atoms with Crippen LogP contribution in [0, 0.1) is 0 Å². The molecule has 0 spiro atoms. The fourth-order valence-corrected chi connectivity index (χ4v) is 3.59. The van der Waals surface area contributed by atoms with Gasteiger partial charge in [0, 0.05) is 43.5 Å². The van der Waals surface area contributed by atoms with E-state index in [0.717, 1.165) is 30.9 Å². The second kappa shape index (κ2) is 7.52. The van der Waals surface area contributed by atoms with Crippen LogP contribution in [0.5, 0.6) is 11.5 Å². The molecule has 7 nitrogen and oxygen atoms in total. The Morgan fingerprint density at radius 1 is 1.11 bits per heavy atom. The van der Waals surface area contributed by atoms with Crippen LogP contribution in [0.2, 0.25) is 0 Å². The van der Waals surface area contributed by atoms with Crippen LogP contribution in [-0.2, 0) is 0 Å². The van der Waals surface area contributed by atoms with Gasteiger partial charge in [-0.3, -0.25) is 9.20 Å². The first-order chi connectivity index (χ1) is 13.6. The zero-order valence-corrected chi connectivity index (χ0v) is 16.3. The van der Waals surface area contributed by atoms with E-state index < -0.39 is 0 Å². The Morgan fingerprint density at radius 2 is 1.93 bits per heavy atom. The summed E-state index contributed by atoms with van der Waals surface area (Å²) in [6.45, 7) is 4.93. The van der Waals surface area contributed by atoms with Gasteiger partial charge in [0.15, 0.2) is 11.5 Å². The molecule has 1 aliphatic rings. The average molecular weight is 380 g/mol. The maximum Gasteiger partial charge on any atom is 0.258 e. The van der Waals surface area contributed by atoms with Gasteiger partial charge in [-0.05, 0) is 37.3 Å². The normalized spacial score (nSPS) is 17.0. The van der Waals surface area contributed by atoms with E-state index in [1.807, 2.05) is 36.5 Å². The van der Waals surface area contributed by atoms with Crippen molar-refractivity contribution in [3.05, 3.63) is 52.9 Å². The smallest absolute Gasteiger partial charge is 0.258 e. The van der Waals surface area contributed by atoms with Crippen LogP contribution in [0.1, 0.15) is 6.92 Å². The number of fused-ring (bicyclic) bond motifs is 1. The lowest BCUT2D eigenvalue weighted by Crippen LogP contribution is -2.49. The van der Waals surface area contributed by atoms with Gasteiger partial charge < -0.3 is 19.7 Å². The molecule has 0 saturated carbocycles. The van der Waals surface area contributed by atoms with Gasteiger partial charge in [0.2, 0.25) is 0 Å². The molecular formula is C21H24N4O3. The fourth-order valence-electron chi connectivity index (χ4n) is 3.59. The number of rotatable bonds is 4. The second-order valence-corrected chi connectivity index (χ2v) is 6.97. The molecule has 1 unspecified atom stereocenters. The summed E-state index contributed by atoms with van der Waals surface area (Å²) in [5, 5.41) is 3.43. The van der Waals surface area contributed by atoms with Gasteiger partial charge in [-0.15, -0.1) is 0 Å². The van der Waals surface area contributed by atoms with Crippen LogP contribution in [0.15, 0.2) is 47.4 Å². The largest absolute Gasteiger partial charge is 0.493 e. The maximum absolute atomic E-state index is 12.8. The lowest BCUT2D eigenvalue weighted by molar-refractivity contribution is 0.355. The highest BCUT2D eigenvalue weighted by molar-refractivity contribution is 5.66. The minimum Gasteiger partial charge on any atom is -0.493 e. The van der Waals surface area contributed by atoms with E-state index in [0.29, 0.717) is 28.9 Å². The predicted molar refractivity (Wildman–Crippen MR) is 110 cm³/mol. The van der Waals surface area contributed by atoms with E-state index in [2.05, 4.69) is 22.1 Å². The Balaban J connectivity index is 1.73. The molecule has 1 saturated heterocycles.